The second-order valence-corrected chi connectivity index (χ2v) is 4.15. The predicted molar refractivity (Wildman–Crippen MR) is 69.6 cm³/mol. The Morgan fingerprint density at radius 2 is 1.89 bits per heavy atom. The summed E-state index contributed by atoms with van der Waals surface area (Å²) < 4.78 is 6.56. The van der Waals surface area contributed by atoms with Crippen LogP contribution in [0.1, 0.15) is 11.4 Å². The Kier molecular flexibility index (Phi) is 6.01. The lowest BCUT2D eigenvalue weighted by molar-refractivity contribution is -0.139. The molecule has 1 aromatic heterocycles. The summed E-state index contributed by atoms with van der Waals surface area (Å²) in [7, 11) is 1.53. The number of hydrogen-bond donors (Lipinski definition) is 2. The van der Waals surface area contributed by atoms with E-state index in [0.717, 1.165) is 11.4 Å². The number of carbonyl (C=O) groups excluding carboxylic acids is 2. The van der Waals surface area contributed by atoms with Crippen LogP contribution in [0.25, 0.3) is 0 Å². The zero-order valence-corrected chi connectivity index (χ0v) is 11.5. The molecule has 1 heterocycles. The van der Waals surface area contributed by atoms with Crippen molar-refractivity contribution in [1.29, 1.82) is 0 Å². The van der Waals surface area contributed by atoms with Crippen LogP contribution in [0.4, 0.5) is 0 Å². The molecule has 0 spiro atoms. The number of nitrogens with zero attached hydrogens (tertiary/aromatic N) is 2. The second-order valence-electron chi connectivity index (χ2n) is 4.15. The Labute approximate surface area is 112 Å². The van der Waals surface area contributed by atoms with Crippen LogP contribution in [-0.2, 0) is 20.9 Å². The summed E-state index contributed by atoms with van der Waals surface area (Å²) in [6.07, 6.45) is 0. The number of amides is 2. The Balaban J connectivity index is 2.27. The maximum absolute atomic E-state index is 11.4. The number of aromatic nitrogens is 2. The highest BCUT2D eigenvalue weighted by Crippen LogP contribution is 2.00. The molecule has 0 bridgehead atoms. The number of nitrogens with one attached hydrogen (secondary N) is 2. The molecule has 1 aromatic rings. The molecule has 0 aliphatic rings. The fourth-order valence-electron chi connectivity index (χ4n) is 1.60. The smallest absolute Gasteiger partial charge is 0.309 e. The van der Waals surface area contributed by atoms with Crippen LogP contribution in [-0.4, -0.2) is 48.4 Å². The Bertz CT molecular complexity index is 442. The minimum absolute atomic E-state index is 0.320. The first-order valence-electron chi connectivity index (χ1n) is 6.10. The van der Waals surface area contributed by atoms with Gasteiger partial charge in [0.15, 0.2) is 0 Å². The summed E-state index contributed by atoms with van der Waals surface area (Å²) in [6.45, 7) is 5.45. The fourth-order valence-corrected chi connectivity index (χ4v) is 1.60. The van der Waals surface area contributed by atoms with E-state index in [0.29, 0.717) is 26.2 Å². The summed E-state index contributed by atoms with van der Waals surface area (Å²) in [4.78, 5) is 22.8. The summed E-state index contributed by atoms with van der Waals surface area (Å²) in [5.41, 5.74) is 1.96. The molecule has 0 aromatic carbocycles. The van der Waals surface area contributed by atoms with Crippen molar-refractivity contribution < 1.29 is 14.3 Å². The van der Waals surface area contributed by atoms with Gasteiger partial charge in [0.25, 0.3) is 0 Å². The molecule has 1 rings (SSSR count). The second kappa shape index (κ2) is 7.52. The van der Waals surface area contributed by atoms with Crippen LogP contribution in [0.2, 0.25) is 0 Å². The molecule has 0 unspecified atom stereocenters. The molecule has 0 aliphatic carbocycles. The lowest BCUT2D eigenvalue weighted by Crippen LogP contribution is -2.42. The van der Waals surface area contributed by atoms with E-state index in [1.807, 2.05) is 19.9 Å². The van der Waals surface area contributed by atoms with Crippen molar-refractivity contribution in [1.82, 2.24) is 20.4 Å². The van der Waals surface area contributed by atoms with E-state index < -0.39 is 11.8 Å². The quantitative estimate of drug-likeness (QED) is 0.532. The van der Waals surface area contributed by atoms with E-state index in [1.54, 1.807) is 4.68 Å². The van der Waals surface area contributed by atoms with Crippen molar-refractivity contribution in [3.63, 3.8) is 0 Å². The van der Waals surface area contributed by atoms with E-state index in [2.05, 4.69) is 15.7 Å². The zero-order valence-electron chi connectivity index (χ0n) is 11.5. The molecular weight excluding hydrogens is 248 g/mol. The van der Waals surface area contributed by atoms with E-state index in [4.69, 9.17) is 4.74 Å². The molecule has 19 heavy (non-hydrogen) atoms. The minimum Gasteiger partial charge on any atom is -0.383 e. The average molecular weight is 268 g/mol. The molecular formula is C12H20N4O3. The van der Waals surface area contributed by atoms with E-state index in [-0.39, 0.29) is 0 Å². The number of hydrogen-bond acceptors (Lipinski definition) is 4. The molecule has 0 aliphatic heterocycles. The third-order valence-corrected chi connectivity index (χ3v) is 2.51. The lowest BCUT2D eigenvalue weighted by Gasteiger charge is -2.07. The first-order valence-corrected chi connectivity index (χ1v) is 6.10. The highest BCUT2D eigenvalue weighted by atomic mass is 16.5. The van der Waals surface area contributed by atoms with Crippen LogP contribution in [0, 0.1) is 13.8 Å². The van der Waals surface area contributed by atoms with Crippen molar-refractivity contribution in [2.75, 3.05) is 26.8 Å². The van der Waals surface area contributed by atoms with Crippen LogP contribution in [0.3, 0.4) is 0 Å². The van der Waals surface area contributed by atoms with Gasteiger partial charge in [-0.1, -0.05) is 0 Å². The SMILES string of the molecule is COCCNC(=O)C(=O)NCCn1nc(C)cc1C. The largest absolute Gasteiger partial charge is 0.383 e. The van der Waals surface area contributed by atoms with Gasteiger partial charge >= 0.3 is 11.8 Å². The number of ether oxygens (including phenoxy) is 1. The third-order valence-electron chi connectivity index (χ3n) is 2.51. The van der Waals surface area contributed by atoms with Gasteiger partial charge in [-0.3, -0.25) is 14.3 Å². The third kappa shape index (κ3) is 5.09. The Morgan fingerprint density at radius 3 is 2.42 bits per heavy atom. The van der Waals surface area contributed by atoms with Crippen LogP contribution >= 0.6 is 0 Å². The molecule has 106 valence electrons. The molecule has 2 N–H and O–H groups in total. The molecule has 0 fully saturated rings. The summed E-state index contributed by atoms with van der Waals surface area (Å²) in [5.74, 6) is -1.29. The molecule has 2 amide bonds. The van der Waals surface area contributed by atoms with E-state index in [9.17, 15) is 9.59 Å². The van der Waals surface area contributed by atoms with Crippen molar-refractivity contribution in [3.8, 4) is 0 Å². The maximum atomic E-state index is 11.4. The summed E-state index contributed by atoms with van der Waals surface area (Å²) in [6, 6.07) is 1.96. The first-order chi connectivity index (χ1) is 9.04. The predicted octanol–water partition coefficient (Wildman–Crippen LogP) is -0.621. The fraction of sp³-hybridized carbons (Fsp3) is 0.583. The van der Waals surface area contributed by atoms with E-state index in [1.165, 1.54) is 7.11 Å². The van der Waals surface area contributed by atoms with Gasteiger partial charge in [0.1, 0.15) is 0 Å². The minimum atomic E-state index is -0.648. The summed E-state index contributed by atoms with van der Waals surface area (Å²) >= 11 is 0. The molecule has 7 nitrogen and oxygen atoms in total. The standard InChI is InChI=1S/C12H20N4O3/c1-9-8-10(2)16(15-9)6-4-13-11(17)12(18)14-5-7-19-3/h8H,4-7H2,1-3H3,(H,13,17)(H,14,18). The van der Waals surface area contributed by atoms with Crippen molar-refractivity contribution in [2.24, 2.45) is 0 Å². The van der Waals surface area contributed by atoms with Crippen molar-refractivity contribution in [2.45, 2.75) is 20.4 Å². The van der Waals surface area contributed by atoms with Gasteiger partial charge in [-0.15, -0.1) is 0 Å². The highest BCUT2D eigenvalue weighted by Gasteiger charge is 2.11. The lowest BCUT2D eigenvalue weighted by atomic mass is 10.4. The molecule has 7 heteroatoms. The molecule has 0 saturated carbocycles. The summed E-state index contributed by atoms with van der Waals surface area (Å²) in [5, 5.41) is 9.25. The average Bonchev–Trinajstić information content (AvgIpc) is 2.68. The van der Waals surface area contributed by atoms with Crippen LogP contribution in [0.5, 0.6) is 0 Å². The van der Waals surface area contributed by atoms with Crippen molar-refractivity contribution in [3.05, 3.63) is 17.5 Å². The molecule has 0 radical (unpaired) electrons. The Morgan fingerprint density at radius 1 is 1.26 bits per heavy atom. The van der Waals surface area contributed by atoms with Gasteiger partial charge in [0.2, 0.25) is 0 Å². The molecule has 0 saturated heterocycles. The normalized spacial score (nSPS) is 10.3. The van der Waals surface area contributed by atoms with Gasteiger partial charge in [-0.25, -0.2) is 0 Å². The highest BCUT2D eigenvalue weighted by molar-refractivity contribution is 6.35. The van der Waals surface area contributed by atoms with Gasteiger partial charge in [-0.05, 0) is 19.9 Å². The van der Waals surface area contributed by atoms with Gasteiger partial charge in [-0.2, -0.15) is 5.10 Å². The topological polar surface area (TPSA) is 85.2 Å². The Hall–Kier alpha value is -1.89. The van der Waals surface area contributed by atoms with Gasteiger partial charge in [0, 0.05) is 25.9 Å². The van der Waals surface area contributed by atoms with Crippen molar-refractivity contribution >= 4 is 11.8 Å². The number of carbonyl (C=O) groups is 2. The van der Waals surface area contributed by atoms with E-state index >= 15 is 0 Å². The van der Waals surface area contributed by atoms with Gasteiger partial charge < -0.3 is 15.4 Å². The first kappa shape index (κ1) is 15.2. The number of methoxy groups -OCH3 is 1. The van der Waals surface area contributed by atoms with Crippen LogP contribution < -0.4 is 10.6 Å². The zero-order chi connectivity index (χ0) is 14.3. The maximum Gasteiger partial charge on any atom is 0.309 e. The number of aryl methyl sites for hydroxylation is 2. The number of rotatable bonds is 6. The van der Waals surface area contributed by atoms with Crippen LogP contribution in [0.15, 0.2) is 6.07 Å². The molecule has 0 atom stereocenters. The van der Waals surface area contributed by atoms with Gasteiger partial charge in [0.05, 0.1) is 18.8 Å². The monoisotopic (exact) mass is 268 g/mol.